The number of nitrogens with two attached hydrogens (primary N) is 1. The second-order valence-electron chi connectivity index (χ2n) is 9.01. The molecule has 3 aromatic rings. The number of thioether (sulfide) groups is 1. The van der Waals surface area contributed by atoms with E-state index in [0.29, 0.717) is 58.7 Å². The number of thiocarbonyl (C=S) groups is 1. The number of rotatable bonds is 5. The molecule has 0 bridgehead atoms. The van der Waals surface area contributed by atoms with Crippen molar-refractivity contribution < 1.29 is 9.59 Å². The molecule has 0 spiro atoms. The molecule has 0 atom stereocenters. The van der Waals surface area contributed by atoms with Crippen molar-refractivity contribution in [2.75, 3.05) is 18.0 Å². The maximum Gasteiger partial charge on any atom is 0.267 e. The van der Waals surface area contributed by atoms with Gasteiger partial charge in [0.15, 0.2) is 0 Å². The van der Waals surface area contributed by atoms with Gasteiger partial charge in [-0.3, -0.25) is 23.7 Å². The predicted molar refractivity (Wildman–Crippen MR) is 145 cm³/mol. The summed E-state index contributed by atoms with van der Waals surface area (Å²) in [5.41, 5.74) is 7.98. The minimum absolute atomic E-state index is 0.192. The molecule has 0 radical (unpaired) electrons. The summed E-state index contributed by atoms with van der Waals surface area (Å²) in [6.07, 6.45) is 4.53. The summed E-state index contributed by atoms with van der Waals surface area (Å²) in [6, 6.07) is 13.3. The number of amides is 2. The summed E-state index contributed by atoms with van der Waals surface area (Å²) in [6.45, 7) is 3.35. The maximum atomic E-state index is 13.7. The molecule has 8 nitrogen and oxygen atoms in total. The molecule has 2 N–H and O–H groups in total. The molecule has 10 heteroatoms. The van der Waals surface area contributed by atoms with Gasteiger partial charge >= 0.3 is 0 Å². The fraction of sp³-hybridized carbons (Fsp3) is 0.269. The van der Waals surface area contributed by atoms with E-state index in [0.717, 1.165) is 11.1 Å². The van der Waals surface area contributed by atoms with Gasteiger partial charge in [-0.15, -0.1) is 0 Å². The van der Waals surface area contributed by atoms with Crippen LogP contribution in [0.3, 0.4) is 0 Å². The van der Waals surface area contributed by atoms with Gasteiger partial charge in [-0.25, -0.2) is 4.98 Å². The van der Waals surface area contributed by atoms with E-state index in [2.05, 4.69) is 0 Å². The minimum Gasteiger partial charge on any atom is -0.369 e. The highest BCUT2D eigenvalue weighted by Crippen LogP contribution is 2.35. The van der Waals surface area contributed by atoms with Crippen LogP contribution < -0.4 is 16.2 Å². The molecule has 2 aliphatic heterocycles. The van der Waals surface area contributed by atoms with Crippen molar-refractivity contribution in [1.82, 2.24) is 14.3 Å². The number of aryl methyl sites for hydroxylation is 1. The SMILES string of the molecule is Cc1ccc2nc(N3CCC(C(N)=O)CC3)c(C=C3SC(=S)N(Cc4ccccc4)C3=O)c(=O)n2c1. The summed E-state index contributed by atoms with van der Waals surface area (Å²) in [5.74, 6) is -0.233. The van der Waals surface area contributed by atoms with Gasteiger partial charge in [0, 0.05) is 25.2 Å². The molecule has 36 heavy (non-hydrogen) atoms. The second-order valence-corrected chi connectivity index (χ2v) is 10.7. The van der Waals surface area contributed by atoms with E-state index in [9.17, 15) is 14.4 Å². The zero-order valence-electron chi connectivity index (χ0n) is 19.7. The van der Waals surface area contributed by atoms with Crippen molar-refractivity contribution >= 4 is 57.7 Å². The Bertz CT molecular complexity index is 1460. The molecule has 1 aromatic carbocycles. The van der Waals surface area contributed by atoms with Crippen LogP contribution in [0.4, 0.5) is 5.82 Å². The first kappa shape index (κ1) is 24.2. The monoisotopic (exact) mass is 519 g/mol. The third kappa shape index (κ3) is 4.66. The Hall–Kier alpha value is -3.50. The first-order valence-electron chi connectivity index (χ1n) is 11.7. The molecule has 4 heterocycles. The number of anilines is 1. The highest BCUT2D eigenvalue weighted by atomic mass is 32.2. The predicted octanol–water partition coefficient (Wildman–Crippen LogP) is 3.11. The molecular weight excluding hydrogens is 494 g/mol. The van der Waals surface area contributed by atoms with E-state index in [1.54, 1.807) is 23.2 Å². The van der Waals surface area contributed by atoms with E-state index >= 15 is 0 Å². The zero-order valence-corrected chi connectivity index (χ0v) is 21.3. The molecule has 184 valence electrons. The maximum absolute atomic E-state index is 13.7. The fourth-order valence-corrected chi connectivity index (χ4v) is 5.76. The molecule has 0 unspecified atom stereocenters. The van der Waals surface area contributed by atoms with Crippen LogP contribution in [0.15, 0.2) is 58.4 Å². The summed E-state index contributed by atoms with van der Waals surface area (Å²) < 4.78 is 1.95. The highest BCUT2D eigenvalue weighted by Gasteiger charge is 2.33. The van der Waals surface area contributed by atoms with Crippen LogP contribution in [0.1, 0.15) is 29.5 Å². The third-order valence-electron chi connectivity index (χ3n) is 6.51. The van der Waals surface area contributed by atoms with E-state index < -0.39 is 0 Å². The average Bonchev–Trinajstić information content (AvgIpc) is 3.14. The molecule has 0 saturated carbocycles. The number of benzene rings is 1. The Morgan fingerprint density at radius 1 is 1.17 bits per heavy atom. The molecule has 0 aliphatic carbocycles. The van der Waals surface area contributed by atoms with Crippen LogP contribution in [-0.4, -0.2) is 43.5 Å². The number of hydrogen-bond acceptors (Lipinski definition) is 7. The van der Waals surface area contributed by atoms with Crippen molar-refractivity contribution in [3.8, 4) is 0 Å². The number of fused-ring (bicyclic) bond motifs is 1. The van der Waals surface area contributed by atoms with Crippen molar-refractivity contribution in [3.05, 3.63) is 80.6 Å². The lowest BCUT2D eigenvalue weighted by Crippen LogP contribution is -2.40. The topological polar surface area (TPSA) is 101 Å². The average molecular weight is 520 g/mol. The number of carbonyl (C=O) groups excluding carboxylic acids is 2. The zero-order chi connectivity index (χ0) is 25.4. The van der Waals surface area contributed by atoms with Gasteiger partial charge in [0.2, 0.25) is 5.91 Å². The quantitative estimate of drug-likeness (QED) is 0.408. The molecular formula is C26H25N5O3S2. The number of pyridine rings is 1. The van der Waals surface area contributed by atoms with Crippen LogP contribution in [0, 0.1) is 12.8 Å². The molecule has 2 amide bonds. The Kier molecular flexibility index (Phi) is 6.63. The third-order valence-corrected chi connectivity index (χ3v) is 7.89. The van der Waals surface area contributed by atoms with E-state index in [1.165, 1.54) is 16.2 Å². The number of primary amides is 1. The fourth-order valence-electron chi connectivity index (χ4n) is 4.52. The van der Waals surface area contributed by atoms with Crippen molar-refractivity contribution in [3.63, 3.8) is 0 Å². The van der Waals surface area contributed by atoms with Gasteiger partial charge in [0.1, 0.15) is 15.8 Å². The lowest BCUT2D eigenvalue weighted by atomic mass is 9.96. The van der Waals surface area contributed by atoms with Gasteiger partial charge in [0.05, 0.1) is 17.0 Å². The first-order chi connectivity index (χ1) is 17.3. The summed E-state index contributed by atoms with van der Waals surface area (Å²) >= 11 is 6.69. The van der Waals surface area contributed by atoms with Gasteiger partial charge in [-0.1, -0.05) is 60.4 Å². The van der Waals surface area contributed by atoms with Gasteiger partial charge in [0.25, 0.3) is 11.5 Å². The van der Waals surface area contributed by atoms with E-state index in [1.807, 2.05) is 48.2 Å². The minimum atomic E-state index is -0.307. The van der Waals surface area contributed by atoms with Gasteiger partial charge < -0.3 is 10.6 Å². The van der Waals surface area contributed by atoms with Gasteiger partial charge in [-0.2, -0.15) is 0 Å². The standard InChI is InChI=1S/C26H25N5O3S2/c1-16-7-8-21-28-23(29-11-9-18(10-12-29)22(27)32)19(24(33)30(21)14-16)13-20-25(34)31(26(35)36-20)15-17-5-3-2-4-6-17/h2-8,13-14,18H,9-12,15H2,1H3,(H2,27,32). The molecule has 2 aliphatic rings. The lowest BCUT2D eigenvalue weighted by Gasteiger charge is -2.32. The first-order valence-corrected chi connectivity index (χ1v) is 12.9. The molecule has 2 aromatic heterocycles. The molecule has 2 fully saturated rings. The number of carbonyl (C=O) groups is 2. The van der Waals surface area contributed by atoms with Gasteiger partial charge in [-0.05, 0) is 43.0 Å². The number of hydrogen-bond donors (Lipinski definition) is 1. The van der Waals surface area contributed by atoms with Crippen molar-refractivity contribution in [2.45, 2.75) is 26.3 Å². The Labute approximate surface area is 217 Å². The van der Waals surface area contributed by atoms with Crippen LogP contribution in [-0.2, 0) is 16.1 Å². The summed E-state index contributed by atoms with van der Waals surface area (Å²) in [7, 11) is 0. The van der Waals surface area contributed by atoms with E-state index in [4.69, 9.17) is 22.9 Å². The number of nitrogens with zero attached hydrogens (tertiary/aromatic N) is 4. The van der Waals surface area contributed by atoms with Crippen LogP contribution in [0.5, 0.6) is 0 Å². The summed E-state index contributed by atoms with van der Waals surface area (Å²) in [4.78, 5) is 47.4. The van der Waals surface area contributed by atoms with Crippen LogP contribution in [0.25, 0.3) is 11.7 Å². The number of aromatic nitrogens is 2. The molecule has 5 rings (SSSR count). The van der Waals surface area contributed by atoms with E-state index in [-0.39, 0.29) is 23.3 Å². The van der Waals surface area contributed by atoms with Crippen molar-refractivity contribution in [1.29, 1.82) is 0 Å². The Morgan fingerprint density at radius 2 is 1.89 bits per heavy atom. The number of piperidine rings is 1. The lowest BCUT2D eigenvalue weighted by molar-refractivity contribution is -0.123. The largest absolute Gasteiger partial charge is 0.369 e. The Balaban J connectivity index is 1.55. The second kappa shape index (κ2) is 9.87. The normalized spacial score (nSPS) is 18.0. The van der Waals surface area contributed by atoms with Crippen LogP contribution >= 0.6 is 24.0 Å². The smallest absolute Gasteiger partial charge is 0.267 e. The van der Waals surface area contributed by atoms with Crippen LogP contribution in [0.2, 0.25) is 0 Å². The molecule has 2 saturated heterocycles. The van der Waals surface area contributed by atoms with Crippen molar-refractivity contribution in [2.24, 2.45) is 11.7 Å². The Morgan fingerprint density at radius 3 is 2.58 bits per heavy atom. The summed E-state index contributed by atoms with van der Waals surface area (Å²) in [5, 5.41) is 0. The highest BCUT2D eigenvalue weighted by molar-refractivity contribution is 8.26.